The van der Waals surface area contributed by atoms with E-state index in [1.165, 1.54) is 6.20 Å². The second kappa shape index (κ2) is 7.26. The largest absolute Gasteiger partial charge is 0.345 e. The zero-order valence-electron chi connectivity index (χ0n) is 15.5. The molecular formula is C21H20N4O3. The van der Waals surface area contributed by atoms with Gasteiger partial charge in [-0.05, 0) is 31.2 Å². The van der Waals surface area contributed by atoms with Crippen molar-refractivity contribution in [2.45, 2.75) is 13.0 Å². The Kier molecular flexibility index (Phi) is 4.65. The van der Waals surface area contributed by atoms with Gasteiger partial charge < -0.3 is 14.8 Å². The maximum absolute atomic E-state index is 12.8. The van der Waals surface area contributed by atoms with Crippen molar-refractivity contribution in [1.82, 2.24) is 19.8 Å². The van der Waals surface area contributed by atoms with Crippen molar-refractivity contribution in [2.75, 3.05) is 19.6 Å². The van der Waals surface area contributed by atoms with Crippen molar-refractivity contribution in [1.29, 1.82) is 0 Å². The standard InChI is InChI=1S/C21H20N4O3/c1-14-13-24(20(27)15-6-3-2-4-7-15)10-11-25(14)21(28)18(26)17-12-23-19-16(17)8-5-9-22-19/h2-9,12,14H,10-11,13H2,1H3,(H,22,23)/t14-/m1/s1. The van der Waals surface area contributed by atoms with Crippen LogP contribution in [-0.4, -0.2) is 63.0 Å². The van der Waals surface area contributed by atoms with Gasteiger partial charge in [0.05, 0.1) is 5.56 Å². The number of nitrogens with zero attached hydrogens (tertiary/aromatic N) is 3. The highest BCUT2D eigenvalue weighted by Gasteiger charge is 2.34. The summed E-state index contributed by atoms with van der Waals surface area (Å²) in [6.07, 6.45) is 3.15. The summed E-state index contributed by atoms with van der Waals surface area (Å²) >= 11 is 0. The minimum atomic E-state index is -0.561. The highest BCUT2D eigenvalue weighted by Crippen LogP contribution is 2.19. The summed E-state index contributed by atoms with van der Waals surface area (Å²) in [5, 5.41) is 0.631. The quantitative estimate of drug-likeness (QED) is 0.560. The van der Waals surface area contributed by atoms with E-state index < -0.39 is 11.7 Å². The molecule has 28 heavy (non-hydrogen) atoms. The van der Waals surface area contributed by atoms with Crippen LogP contribution in [0, 0.1) is 0 Å². The molecule has 7 heteroatoms. The lowest BCUT2D eigenvalue weighted by atomic mass is 10.1. The molecule has 0 unspecified atom stereocenters. The average Bonchev–Trinajstić information content (AvgIpc) is 3.17. The number of nitrogens with one attached hydrogen (secondary N) is 1. The Balaban J connectivity index is 1.48. The Labute approximate surface area is 162 Å². The molecule has 3 aromatic rings. The van der Waals surface area contributed by atoms with Crippen molar-refractivity contribution in [3.05, 3.63) is 66.0 Å². The van der Waals surface area contributed by atoms with Crippen LogP contribution in [0.4, 0.5) is 0 Å². The molecule has 3 heterocycles. The van der Waals surface area contributed by atoms with Crippen LogP contribution < -0.4 is 0 Å². The summed E-state index contributed by atoms with van der Waals surface area (Å²) in [5.74, 6) is -1.17. The van der Waals surface area contributed by atoms with E-state index in [0.29, 0.717) is 41.8 Å². The molecule has 4 rings (SSSR count). The molecule has 1 aliphatic heterocycles. The van der Waals surface area contributed by atoms with E-state index in [1.807, 2.05) is 25.1 Å². The maximum atomic E-state index is 12.8. The van der Waals surface area contributed by atoms with Gasteiger partial charge in [-0.2, -0.15) is 0 Å². The predicted octanol–water partition coefficient (Wildman–Crippen LogP) is 2.12. The molecule has 2 amide bonds. The van der Waals surface area contributed by atoms with E-state index >= 15 is 0 Å². The molecule has 7 nitrogen and oxygen atoms in total. The Morgan fingerprint density at radius 2 is 1.86 bits per heavy atom. The van der Waals surface area contributed by atoms with E-state index in [4.69, 9.17) is 0 Å². The summed E-state index contributed by atoms with van der Waals surface area (Å²) in [6.45, 7) is 2.96. The number of Topliss-reactive ketones (excluding diaryl/α,β-unsaturated/α-hetero) is 1. The van der Waals surface area contributed by atoms with Gasteiger partial charge in [-0.3, -0.25) is 14.4 Å². The van der Waals surface area contributed by atoms with Crippen LogP contribution in [0.25, 0.3) is 11.0 Å². The van der Waals surface area contributed by atoms with Gasteiger partial charge in [0, 0.05) is 49.0 Å². The first-order valence-electron chi connectivity index (χ1n) is 9.18. The van der Waals surface area contributed by atoms with Gasteiger partial charge in [0.25, 0.3) is 17.6 Å². The van der Waals surface area contributed by atoms with Gasteiger partial charge in [-0.15, -0.1) is 0 Å². The van der Waals surface area contributed by atoms with Crippen LogP contribution in [0.15, 0.2) is 54.9 Å². The number of H-pyrrole nitrogens is 1. The Morgan fingerprint density at radius 3 is 2.61 bits per heavy atom. The molecule has 0 radical (unpaired) electrons. The third kappa shape index (κ3) is 3.15. The van der Waals surface area contributed by atoms with Gasteiger partial charge in [0.15, 0.2) is 0 Å². The summed E-state index contributed by atoms with van der Waals surface area (Å²) in [5.41, 5.74) is 1.52. The number of pyridine rings is 1. The molecular weight excluding hydrogens is 356 g/mol. The van der Waals surface area contributed by atoms with Gasteiger partial charge in [-0.25, -0.2) is 4.98 Å². The smallest absolute Gasteiger partial charge is 0.295 e. The zero-order chi connectivity index (χ0) is 19.7. The number of hydrogen-bond donors (Lipinski definition) is 1. The average molecular weight is 376 g/mol. The summed E-state index contributed by atoms with van der Waals surface area (Å²) in [6, 6.07) is 12.3. The van der Waals surface area contributed by atoms with Gasteiger partial charge in [0.2, 0.25) is 0 Å². The first-order chi connectivity index (χ1) is 13.6. The molecule has 1 fully saturated rings. The molecule has 1 aliphatic rings. The first kappa shape index (κ1) is 17.9. The molecule has 0 aliphatic carbocycles. The van der Waals surface area contributed by atoms with Crippen molar-refractivity contribution in [3.63, 3.8) is 0 Å². The predicted molar refractivity (Wildman–Crippen MR) is 104 cm³/mol. The topological polar surface area (TPSA) is 86.4 Å². The van der Waals surface area contributed by atoms with Crippen LogP contribution in [0.3, 0.4) is 0 Å². The molecule has 2 aromatic heterocycles. The number of ketones is 1. The Hall–Kier alpha value is -3.48. The normalized spacial score (nSPS) is 17.0. The van der Waals surface area contributed by atoms with E-state index in [1.54, 1.807) is 40.3 Å². The van der Waals surface area contributed by atoms with Crippen LogP contribution in [0.2, 0.25) is 0 Å². The number of amides is 2. The van der Waals surface area contributed by atoms with Gasteiger partial charge >= 0.3 is 0 Å². The van der Waals surface area contributed by atoms with E-state index in [9.17, 15) is 14.4 Å². The third-order valence-corrected chi connectivity index (χ3v) is 5.09. The van der Waals surface area contributed by atoms with Crippen LogP contribution >= 0.6 is 0 Å². The minimum Gasteiger partial charge on any atom is -0.345 e. The lowest BCUT2D eigenvalue weighted by Crippen LogP contribution is -2.56. The fourth-order valence-electron chi connectivity index (χ4n) is 3.60. The monoisotopic (exact) mass is 376 g/mol. The van der Waals surface area contributed by atoms with Crippen molar-refractivity contribution < 1.29 is 14.4 Å². The number of carbonyl (C=O) groups excluding carboxylic acids is 3. The van der Waals surface area contributed by atoms with Crippen LogP contribution in [-0.2, 0) is 4.79 Å². The van der Waals surface area contributed by atoms with Crippen molar-refractivity contribution in [2.24, 2.45) is 0 Å². The number of benzene rings is 1. The van der Waals surface area contributed by atoms with Crippen molar-refractivity contribution in [3.8, 4) is 0 Å². The maximum Gasteiger partial charge on any atom is 0.295 e. The van der Waals surface area contributed by atoms with Crippen LogP contribution in [0.1, 0.15) is 27.6 Å². The highest BCUT2D eigenvalue weighted by molar-refractivity contribution is 6.44. The summed E-state index contributed by atoms with van der Waals surface area (Å²) in [7, 11) is 0. The van der Waals surface area contributed by atoms with E-state index in [0.717, 1.165) is 0 Å². The lowest BCUT2D eigenvalue weighted by Gasteiger charge is -2.39. The molecule has 142 valence electrons. The molecule has 1 saturated heterocycles. The minimum absolute atomic E-state index is 0.0615. The summed E-state index contributed by atoms with van der Waals surface area (Å²) < 4.78 is 0. The lowest BCUT2D eigenvalue weighted by molar-refractivity contribution is -0.130. The second-order valence-electron chi connectivity index (χ2n) is 6.90. The number of piperazine rings is 1. The van der Waals surface area contributed by atoms with Crippen LogP contribution in [0.5, 0.6) is 0 Å². The highest BCUT2D eigenvalue weighted by atomic mass is 16.2. The van der Waals surface area contributed by atoms with Gasteiger partial charge in [-0.1, -0.05) is 18.2 Å². The number of aromatic amines is 1. The Morgan fingerprint density at radius 1 is 1.07 bits per heavy atom. The third-order valence-electron chi connectivity index (χ3n) is 5.09. The molecule has 1 aromatic carbocycles. The molecule has 0 spiro atoms. The Bertz CT molecular complexity index is 1040. The molecule has 0 bridgehead atoms. The summed E-state index contributed by atoms with van der Waals surface area (Å²) in [4.78, 5) is 48.6. The van der Waals surface area contributed by atoms with E-state index in [-0.39, 0.29) is 11.9 Å². The number of fused-ring (bicyclic) bond motifs is 1. The zero-order valence-corrected chi connectivity index (χ0v) is 15.5. The fraction of sp³-hybridized carbons (Fsp3) is 0.238. The number of rotatable bonds is 3. The number of carbonyl (C=O) groups is 3. The SMILES string of the molecule is C[C@@H]1CN(C(=O)c2ccccc2)CCN1C(=O)C(=O)c1c[nH]c2ncccc12. The number of hydrogen-bond acceptors (Lipinski definition) is 4. The van der Waals surface area contributed by atoms with E-state index in [2.05, 4.69) is 9.97 Å². The molecule has 1 atom stereocenters. The van der Waals surface area contributed by atoms with Gasteiger partial charge in [0.1, 0.15) is 5.65 Å². The second-order valence-corrected chi connectivity index (χ2v) is 6.90. The molecule has 1 N–H and O–H groups in total. The first-order valence-corrected chi connectivity index (χ1v) is 9.18. The number of aromatic nitrogens is 2. The van der Waals surface area contributed by atoms with Crippen molar-refractivity contribution >= 4 is 28.6 Å². The fourth-order valence-corrected chi connectivity index (χ4v) is 3.60. The molecule has 0 saturated carbocycles.